The van der Waals surface area contributed by atoms with Crippen molar-refractivity contribution in [3.63, 3.8) is 0 Å². The Kier molecular flexibility index (Phi) is 9.05. The number of rotatable bonds is 8. The van der Waals surface area contributed by atoms with Crippen molar-refractivity contribution in [2.45, 2.75) is 51.4 Å². The highest BCUT2D eigenvalue weighted by molar-refractivity contribution is 8.14. The summed E-state index contributed by atoms with van der Waals surface area (Å²) in [5.41, 5.74) is 4.53. The maximum absolute atomic E-state index is 12.8. The van der Waals surface area contributed by atoms with E-state index < -0.39 is 6.36 Å². The molecule has 43 heavy (non-hydrogen) atoms. The first kappa shape index (κ1) is 30.1. The standard InChI is InChI=1S/C31H31F3N6O2S/c1-4-43-30(37-26-8-6-5-7-24(26)19(2)3)38-29(41)36-27-17-25(27)20-9-11-21(12-10-20)28-35-18-40(39-28)22-13-15-23(16-14-22)42-31(32,33)34/h5-16,18-19,25,27H,4,17H2,1-3H3,(H2,36,37,38,41). The largest absolute Gasteiger partial charge is 0.573 e. The van der Waals surface area contributed by atoms with Crippen LogP contribution in [0.2, 0.25) is 0 Å². The number of para-hydroxylation sites is 1. The van der Waals surface area contributed by atoms with Crippen LogP contribution < -0.4 is 15.4 Å². The number of urea groups is 1. The van der Waals surface area contributed by atoms with Crippen molar-refractivity contribution in [3.05, 3.63) is 90.3 Å². The van der Waals surface area contributed by atoms with E-state index in [9.17, 15) is 18.0 Å². The van der Waals surface area contributed by atoms with Crippen LogP contribution in [0.5, 0.6) is 5.75 Å². The monoisotopic (exact) mass is 608 g/mol. The Balaban J connectivity index is 1.18. The van der Waals surface area contributed by atoms with Crippen molar-refractivity contribution in [3.8, 4) is 22.8 Å². The average molecular weight is 609 g/mol. The first-order valence-corrected chi connectivity index (χ1v) is 14.8. The fourth-order valence-corrected chi connectivity index (χ4v) is 5.27. The number of nitrogens with one attached hydrogen (secondary N) is 2. The van der Waals surface area contributed by atoms with Crippen molar-refractivity contribution in [1.82, 2.24) is 20.1 Å². The second-order valence-corrected chi connectivity index (χ2v) is 11.5. The minimum atomic E-state index is -4.75. The van der Waals surface area contributed by atoms with Crippen LogP contribution in [-0.4, -0.2) is 44.1 Å². The highest BCUT2D eigenvalue weighted by Gasteiger charge is 2.39. The summed E-state index contributed by atoms with van der Waals surface area (Å²) >= 11 is 1.48. The van der Waals surface area contributed by atoms with E-state index in [4.69, 9.17) is 0 Å². The van der Waals surface area contributed by atoms with E-state index in [0.29, 0.717) is 22.6 Å². The second-order valence-electron chi connectivity index (χ2n) is 10.3. The van der Waals surface area contributed by atoms with E-state index in [1.54, 1.807) is 0 Å². The number of hydrogen-bond acceptors (Lipinski definition) is 5. The van der Waals surface area contributed by atoms with Crippen LogP contribution in [0, 0.1) is 0 Å². The number of alkyl halides is 3. The minimum absolute atomic E-state index is 0.000410. The molecule has 1 aliphatic carbocycles. The fraction of sp³-hybridized carbons (Fsp3) is 0.290. The zero-order chi connectivity index (χ0) is 30.6. The summed E-state index contributed by atoms with van der Waals surface area (Å²) < 4.78 is 42.6. The van der Waals surface area contributed by atoms with Gasteiger partial charge in [-0.3, -0.25) is 0 Å². The van der Waals surface area contributed by atoms with Crippen LogP contribution in [0.3, 0.4) is 0 Å². The smallest absolute Gasteiger partial charge is 0.406 e. The molecule has 4 aromatic rings. The number of nitrogens with zero attached hydrogens (tertiary/aromatic N) is 4. The summed E-state index contributed by atoms with van der Waals surface area (Å²) in [6.45, 7) is 6.27. The summed E-state index contributed by atoms with van der Waals surface area (Å²) in [7, 11) is 0. The predicted molar refractivity (Wildman–Crippen MR) is 163 cm³/mol. The van der Waals surface area contributed by atoms with Gasteiger partial charge in [-0.05, 0) is 59.6 Å². The third-order valence-electron chi connectivity index (χ3n) is 6.83. The van der Waals surface area contributed by atoms with Crippen molar-refractivity contribution in [2.24, 2.45) is 4.99 Å². The quantitative estimate of drug-likeness (QED) is 0.157. The zero-order valence-corrected chi connectivity index (χ0v) is 24.6. The first-order chi connectivity index (χ1) is 20.6. The van der Waals surface area contributed by atoms with Crippen LogP contribution in [0.15, 0.2) is 84.1 Å². The molecule has 0 bridgehead atoms. The lowest BCUT2D eigenvalue weighted by molar-refractivity contribution is -0.274. The van der Waals surface area contributed by atoms with Gasteiger partial charge in [0.25, 0.3) is 0 Å². The van der Waals surface area contributed by atoms with Crippen molar-refractivity contribution >= 4 is 28.6 Å². The molecular formula is C31H31F3N6O2S. The van der Waals surface area contributed by atoms with Gasteiger partial charge in [-0.25, -0.2) is 14.5 Å². The molecule has 12 heteroatoms. The van der Waals surface area contributed by atoms with Crippen LogP contribution >= 0.6 is 11.8 Å². The molecule has 8 nitrogen and oxygen atoms in total. The number of thioether (sulfide) groups is 1. The van der Waals surface area contributed by atoms with Gasteiger partial charge in [-0.1, -0.05) is 75.0 Å². The molecular weight excluding hydrogens is 577 g/mol. The van der Waals surface area contributed by atoms with E-state index in [2.05, 4.69) is 50.4 Å². The maximum Gasteiger partial charge on any atom is 0.573 e. The highest BCUT2D eigenvalue weighted by Crippen LogP contribution is 2.41. The molecule has 1 heterocycles. The second kappa shape index (κ2) is 12.9. The van der Waals surface area contributed by atoms with Crippen LogP contribution in [0.4, 0.5) is 23.7 Å². The van der Waals surface area contributed by atoms with Gasteiger partial charge in [0, 0.05) is 23.2 Å². The summed E-state index contributed by atoms with van der Waals surface area (Å²) in [4.78, 5) is 21.4. The maximum atomic E-state index is 12.8. The van der Waals surface area contributed by atoms with E-state index in [-0.39, 0.29) is 23.7 Å². The molecule has 3 aromatic carbocycles. The number of anilines is 1. The van der Waals surface area contributed by atoms with E-state index >= 15 is 0 Å². The third kappa shape index (κ3) is 7.95. The van der Waals surface area contributed by atoms with Crippen LogP contribution in [0.1, 0.15) is 50.2 Å². The molecule has 1 fully saturated rings. The summed E-state index contributed by atoms with van der Waals surface area (Å²) in [6.07, 6.45) is -2.43. The van der Waals surface area contributed by atoms with E-state index in [0.717, 1.165) is 34.6 Å². The zero-order valence-electron chi connectivity index (χ0n) is 23.8. The molecule has 1 aromatic heterocycles. The Bertz CT molecular complexity index is 1590. The Labute approximate surface area is 251 Å². The van der Waals surface area contributed by atoms with Crippen molar-refractivity contribution in [2.75, 3.05) is 11.1 Å². The first-order valence-electron chi connectivity index (χ1n) is 13.9. The lowest BCUT2D eigenvalue weighted by Gasteiger charge is -2.15. The number of carbonyl (C=O) groups excluding carboxylic acids is 1. The van der Waals surface area contributed by atoms with Crippen molar-refractivity contribution in [1.29, 1.82) is 0 Å². The normalized spacial score (nSPS) is 16.7. The number of hydrogen-bond donors (Lipinski definition) is 2. The number of aromatic nitrogens is 3. The molecule has 0 aliphatic heterocycles. The van der Waals surface area contributed by atoms with Gasteiger partial charge in [0.15, 0.2) is 11.0 Å². The van der Waals surface area contributed by atoms with Gasteiger partial charge in [0.2, 0.25) is 0 Å². The fourth-order valence-electron chi connectivity index (χ4n) is 4.67. The van der Waals surface area contributed by atoms with Gasteiger partial charge in [-0.2, -0.15) is 4.99 Å². The van der Waals surface area contributed by atoms with E-state index in [1.807, 2.05) is 49.4 Å². The Morgan fingerprint density at radius 3 is 2.49 bits per heavy atom. The Hall–Kier alpha value is -4.32. The SMILES string of the molecule is CCS/C(=N\C(=O)NC1CC1c1ccc(-c2ncn(-c3ccc(OC(F)(F)F)cc3)n2)cc1)Nc1ccccc1C(C)C. The number of amides is 2. The Morgan fingerprint density at radius 2 is 1.81 bits per heavy atom. The van der Waals surface area contributed by atoms with Gasteiger partial charge >= 0.3 is 12.4 Å². The van der Waals surface area contributed by atoms with Gasteiger partial charge in [0.1, 0.15) is 12.1 Å². The molecule has 1 saturated carbocycles. The third-order valence-corrected chi connectivity index (χ3v) is 7.59. The summed E-state index contributed by atoms with van der Waals surface area (Å²) in [6, 6.07) is 20.8. The molecule has 0 radical (unpaired) electrons. The molecule has 224 valence electrons. The van der Waals surface area contributed by atoms with Gasteiger partial charge < -0.3 is 15.4 Å². The number of carbonyl (C=O) groups is 1. The molecule has 2 N–H and O–H groups in total. The molecule has 0 spiro atoms. The average Bonchev–Trinajstić information content (AvgIpc) is 3.54. The molecule has 5 rings (SSSR count). The minimum Gasteiger partial charge on any atom is -0.406 e. The lowest BCUT2D eigenvalue weighted by atomic mass is 10.0. The van der Waals surface area contributed by atoms with Crippen LogP contribution in [-0.2, 0) is 0 Å². The summed E-state index contributed by atoms with van der Waals surface area (Å²) in [5.74, 6) is 1.46. The molecule has 2 amide bonds. The summed E-state index contributed by atoms with van der Waals surface area (Å²) in [5, 5.41) is 11.4. The number of amidine groups is 1. The van der Waals surface area contributed by atoms with Gasteiger partial charge in [0.05, 0.1) is 5.69 Å². The number of aliphatic imine (C=N–C) groups is 1. The van der Waals surface area contributed by atoms with Gasteiger partial charge in [-0.15, -0.1) is 18.3 Å². The number of halogens is 3. The lowest BCUT2D eigenvalue weighted by Crippen LogP contribution is -2.25. The van der Waals surface area contributed by atoms with E-state index in [1.165, 1.54) is 47.0 Å². The molecule has 2 unspecified atom stereocenters. The van der Waals surface area contributed by atoms with Crippen LogP contribution in [0.25, 0.3) is 17.1 Å². The van der Waals surface area contributed by atoms with Crippen molar-refractivity contribution < 1.29 is 22.7 Å². The number of benzene rings is 3. The predicted octanol–water partition coefficient (Wildman–Crippen LogP) is 7.74. The topological polar surface area (TPSA) is 93.4 Å². The molecule has 0 saturated heterocycles. The molecule has 2 atom stereocenters. The highest BCUT2D eigenvalue weighted by atomic mass is 32.2. The molecule has 1 aliphatic rings. The Morgan fingerprint density at radius 1 is 1.09 bits per heavy atom. The number of ether oxygens (including phenoxy) is 1.